The van der Waals surface area contributed by atoms with E-state index in [1.54, 1.807) is 23.7 Å². The molecule has 0 bridgehead atoms. The van der Waals surface area contributed by atoms with Crippen LogP contribution in [0, 0.1) is 5.92 Å². The third-order valence-corrected chi connectivity index (χ3v) is 5.19. The first kappa shape index (κ1) is 15.0. The fourth-order valence-electron chi connectivity index (χ4n) is 2.76. The first-order valence-corrected chi connectivity index (χ1v) is 8.57. The Morgan fingerprint density at radius 1 is 1.45 bits per heavy atom. The Morgan fingerprint density at radius 2 is 2.36 bits per heavy atom. The normalized spacial score (nSPS) is 16.9. The first-order chi connectivity index (χ1) is 10.7. The molecule has 0 aromatic carbocycles. The molecule has 2 N–H and O–H groups in total. The maximum atomic E-state index is 12.2. The molecule has 1 atom stereocenters. The van der Waals surface area contributed by atoms with Crippen LogP contribution in [0.5, 0.6) is 0 Å². The van der Waals surface area contributed by atoms with E-state index in [1.165, 1.54) is 16.9 Å². The first-order valence-electron chi connectivity index (χ1n) is 7.76. The van der Waals surface area contributed by atoms with Crippen molar-refractivity contribution in [3.8, 4) is 0 Å². The molecule has 0 radical (unpaired) electrons. The zero-order valence-corrected chi connectivity index (χ0v) is 13.6. The largest absolute Gasteiger partial charge is 0.382 e. The lowest BCUT2D eigenvalue weighted by molar-refractivity contribution is 0.0959. The molecule has 0 aliphatic heterocycles. The van der Waals surface area contributed by atoms with Crippen molar-refractivity contribution in [2.45, 2.75) is 26.2 Å². The summed E-state index contributed by atoms with van der Waals surface area (Å²) < 4.78 is 0. The highest BCUT2D eigenvalue weighted by molar-refractivity contribution is 7.14. The molecule has 0 unspecified atom stereocenters. The highest BCUT2D eigenvalue weighted by Gasteiger charge is 2.20. The van der Waals surface area contributed by atoms with Gasteiger partial charge in [0.05, 0.1) is 10.6 Å². The predicted octanol–water partition coefficient (Wildman–Crippen LogP) is 3.11. The standard InChI is InChI=1S/C17H21N3OS/c1-12-4-5-15-13(9-12)10-16(22-15)17(21)20-8-7-19-14-3-2-6-18-11-14/h2-3,6,10-12,19H,4-5,7-9H2,1H3,(H,20,21)/t12-/m0/s1. The van der Waals surface area contributed by atoms with Crippen molar-refractivity contribution in [3.63, 3.8) is 0 Å². The number of hydrogen-bond acceptors (Lipinski definition) is 4. The second kappa shape index (κ2) is 6.92. The minimum atomic E-state index is 0.0417. The number of rotatable bonds is 5. The van der Waals surface area contributed by atoms with Gasteiger partial charge in [-0.05, 0) is 48.9 Å². The van der Waals surface area contributed by atoms with E-state index in [9.17, 15) is 4.79 Å². The lowest BCUT2D eigenvalue weighted by Crippen LogP contribution is -2.28. The molecule has 116 valence electrons. The third kappa shape index (κ3) is 3.65. The van der Waals surface area contributed by atoms with Crippen LogP contribution in [0.15, 0.2) is 30.6 Å². The van der Waals surface area contributed by atoms with Crippen LogP contribution < -0.4 is 10.6 Å². The summed E-state index contributed by atoms with van der Waals surface area (Å²) in [7, 11) is 0. The van der Waals surface area contributed by atoms with E-state index in [-0.39, 0.29) is 5.91 Å². The monoisotopic (exact) mass is 315 g/mol. The predicted molar refractivity (Wildman–Crippen MR) is 90.6 cm³/mol. The summed E-state index contributed by atoms with van der Waals surface area (Å²) in [6.07, 6.45) is 6.99. The number of amides is 1. The van der Waals surface area contributed by atoms with Crippen LogP contribution in [0.3, 0.4) is 0 Å². The Bertz CT molecular complexity index is 639. The van der Waals surface area contributed by atoms with Gasteiger partial charge in [-0.3, -0.25) is 9.78 Å². The fourth-order valence-corrected chi connectivity index (χ4v) is 3.88. The maximum Gasteiger partial charge on any atom is 0.261 e. The molecule has 2 heterocycles. The van der Waals surface area contributed by atoms with Crippen molar-refractivity contribution in [2.24, 2.45) is 5.92 Å². The van der Waals surface area contributed by atoms with E-state index in [4.69, 9.17) is 0 Å². The van der Waals surface area contributed by atoms with Crippen molar-refractivity contribution in [2.75, 3.05) is 18.4 Å². The van der Waals surface area contributed by atoms with Crippen LogP contribution in [0.1, 0.15) is 33.5 Å². The number of carbonyl (C=O) groups is 1. The Labute approximate surface area is 135 Å². The second-order valence-electron chi connectivity index (χ2n) is 5.83. The smallest absolute Gasteiger partial charge is 0.261 e. The molecule has 1 aliphatic carbocycles. The molecule has 1 aliphatic rings. The van der Waals surface area contributed by atoms with E-state index in [2.05, 4.69) is 28.6 Å². The summed E-state index contributed by atoms with van der Waals surface area (Å²) in [6, 6.07) is 5.93. The van der Waals surface area contributed by atoms with E-state index in [0.29, 0.717) is 13.1 Å². The van der Waals surface area contributed by atoms with Gasteiger partial charge in [-0.15, -0.1) is 11.3 Å². The minimum absolute atomic E-state index is 0.0417. The van der Waals surface area contributed by atoms with Gasteiger partial charge >= 0.3 is 0 Å². The number of hydrogen-bond donors (Lipinski definition) is 2. The molecule has 5 heteroatoms. The van der Waals surface area contributed by atoms with Crippen LogP contribution in [-0.2, 0) is 12.8 Å². The van der Waals surface area contributed by atoms with Gasteiger partial charge in [0, 0.05) is 30.4 Å². The van der Waals surface area contributed by atoms with Gasteiger partial charge in [-0.1, -0.05) is 6.92 Å². The number of anilines is 1. The zero-order chi connectivity index (χ0) is 15.4. The van der Waals surface area contributed by atoms with Crippen molar-refractivity contribution in [1.82, 2.24) is 10.3 Å². The molecule has 2 aromatic heterocycles. The number of pyridine rings is 1. The second-order valence-corrected chi connectivity index (χ2v) is 6.97. The lowest BCUT2D eigenvalue weighted by Gasteiger charge is -2.16. The van der Waals surface area contributed by atoms with Crippen LogP contribution in [-0.4, -0.2) is 24.0 Å². The highest BCUT2D eigenvalue weighted by Crippen LogP contribution is 2.32. The molecule has 1 amide bonds. The SMILES string of the molecule is C[C@H]1CCc2sc(C(=O)NCCNc3cccnc3)cc2C1. The fraction of sp³-hybridized carbons (Fsp3) is 0.412. The molecule has 0 saturated heterocycles. The van der Waals surface area contributed by atoms with E-state index in [0.717, 1.165) is 29.3 Å². The van der Waals surface area contributed by atoms with Crippen LogP contribution in [0.25, 0.3) is 0 Å². The minimum Gasteiger partial charge on any atom is -0.382 e. The summed E-state index contributed by atoms with van der Waals surface area (Å²) in [5, 5.41) is 6.21. The van der Waals surface area contributed by atoms with Crippen molar-refractivity contribution in [1.29, 1.82) is 0 Å². The number of fused-ring (bicyclic) bond motifs is 1. The Morgan fingerprint density at radius 3 is 3.18 bits per heavy atom. The summed E-state index contributed by atoms with van der Waals surface area (Å²) in [4.78, 5) is 18.5. The van der Waals surface area contributed by atoms with Crippen molar-refractivity contribution in [3.05, 3.63) is 45.9 Å². The quantitative estimate of drug-likeness (QED) is 0.834. The molecule has 3 rings (SSSR count). The molecular weight excluding hydrogens is 294 g/mol. The summed E-state index contributed by atoms with van der Waals surface area (Å²) in [5.74, 6) is 0.779. The average molecular weight is 315 g/mol. The van der Waals surface area contributed by atoms with Crippen molar-refractivity contribution < 1.29 is 4.79 Å². The molecule has 22 heavy (non-hydrogen) atoms. The zero-order valence-electron chi connectivity index (χ0n) is 12.8. The lowest BCUT2D eigenvalue weighted by atomic mass is 9.90. The summed E-state index contributed by atoms with van der Waals surface area (Å²) >= 11 is 1.66. The van der Waals surface area contributed by atoms with Crippen molar-refractivity contribution >= 4 is 22.9 Å². The summed E-state index contributed by atoms with van der Waals surface area (Å²) in [6.45, 7) is 3.58. The van der Waals surface area contributed by atoms with Gasteiger partial charge in [0.15, 0.2) is 0 Å². The van der Waals surface area contributed by atoms with Gasteiger partial charge in [-0.2, -0.15) is 0 Å². The van der Waals surface area contributed by atoms with Crippen LogP contribution >= 0.6 is 11.3 Å². The topological polar surface area (TPSA) is 54.0 Å². The van der Waals surface area contributed by atoms with E-state index >= 15 is 0 Å². The van der Waals surface area contributed by atoms with E-state index in [1.807, 2.05) is 12.1 Å². The third-order valence-electron chi connectivity index (χ3n) is 3.95. The molecule has 0 spiro atoms. The number of thiophene rings is 1. The highest BCUT2D eigenvalue weighted by atomic mass is 32.1. The van der Waals surface area contributed by atoms with Gasteiger partial charge < -0.3 is 10.6 Å². The van der Waals surface area contributed by atoms with Gasteiger partial charge in [0.25, 0.3) is 5.91 Å². The van der Waals surface area contributed by atoms with Crippen LogP contribution in [0.4, 0.5) is 5.69 Å². The number of nitrogens with one attached hydrogen (secondary N) is 2. The molecule has 4 nitrogen and oxygen atoms in total. The molecule has 2 aromatic rings. The number of nitrogens with zero attached hydrogens (tertiary/aromatic N) is 1. The molecule has 0 fully saturated rings. The van der Waals surface area contributed by atoms with Gasteiger partial charge in [0.1, 0.15) is 0 Å². The Kier molecular flexibility index (Phi) is 4.73. The maximum absolute atomic E-state index is 12.2. The van der Waals surface area contributed by atoms with E-state index < -0.39 is 0 Å². The van der Waals surface area contributed by atoms with Gasteiger partial charge in [0.2, 0.25) is 0 Å². The molecular formula is C17H21N3OS. The Hall–Kier alpha value is -1.88. The summed E-state index contributed by atoms with van der Waals surface area (Å²) in [5.41, 5.74) is 2.35. The number of aryl methyl sites for hydroxylation is 1. The molecule has 0 saturated carbocycles. The number of carbonyl (C=O) groups excluding carboxylic acids is 1. The number of aromatic nitrogens is 1. The average Bonchev–Trinajstić information content (AvgIpc) is 2.95. The van der Waals surface area contributed by atoms with Crippen LogP contribution in [0.2, 0.25) is 0 Å². The van der Waals surface area contributed by atoms with Gasteiger partial charge in [-0.25, -0.2) is 0 Å². The Balaban J connectivity index is 1.48.